The zero-order valence-corrected chi connectivity index (χ0v) is 11.0. The van der Waals surface area contributed by atoms with E-state index in [1.54, 1.807) is 0 Å². The molecule has 0 atom stereocenters. The van der Waals surface area contributed by atoms with Gasteiger partial charge in [0, 0.05) is 5.56 Å². The molecule has 0 aliphatic heterocycles. The maximum atomic E-state index is 13.3. The molecule has 0 radical (unpaired) electrons. The average Bonchev–Trinajstić information content (AvgIpc) is 2.51. The van der Waals surface area contributed by atoms with Gasteiger partial charge < -0.3 is 0 Å². The Morgan fingerprint density at radius 3 is 2.62 bits per heavy atom. The van der Waals surface area contributed by atoms with Crippen LogP contribution in [-0.2, 0) is 6.54 Å². The van der Waals surface area contributed by atoms with E-state index >= 15 is 0 Å². The Morgan fingerprint density at radius 1 is 1.25 bits per heavy atom. The monoisotopic (exact) mass is 351 g/mol. The summed E-state index contributed by atoms with van der Waals surface area (Å²) in [5.41, 5.74) is 0.220. The molecule has 1 aromatic carbocycles. The molecular weight excluding hydrogens is 348 g/mol. The zero-order chi connectivity index (χ0) is 11.7. The lowest BCUT2D eigenvalue weighted by Gasteiger charge is -2.04. The summed E-state index contributed by atoms with van der Waals surface area (Å²) < 4.78 is 28.5. The summed E-state index contributed by atoms with van der Waals surface area (Å²) in [7, 11) is 0. The SMILES string of the molecule is Fc1ccc(F)c(Cn2nc(Br)nc2Br)c1. The topological polar surface area (TPSA) is 30.7 Å². The Labute approximate surface area is 107 Å². The smallest absolute Gasteiger partial charge is 0.218 e. The number of benzene rings is 1. The van der Waals surface area contributed by atoms with Gasteiger partial charge in [-0.2, -0.15) is 4.98 Å². The molecule has 1 heterocycles. The van der Waals surface area contributed by atoms with Crippen LogP contribution in [0.3, 0.4) is 0 Å². The van der Waals surface area contributed by atoms with E-state index in [2.05, 4.69) is 41.9 Å². The molecule has 0 aliphatic carbocycles. The molecule has 0 amide bonds. The summed E-state index contributed by atoms with van der Waals surface area (Å²) in [6.07, 6.45) is 0. The Hall–Kier alpha value is -0.820. The molecule has 0 fully saturated rings. The lowest BCUT2D eigenvalue weighted by molar-refractivity contribution is 0.562. The number of aromatic nitrogens is 3. The van der Waals surface area contributed by atoms with Crippen LogP contribution in [-0.4, -0.2) is 14.8 Å². The molecule has 0 saturated carbocycles. The predicted molar refractivity (Wildman–Crippen MR) is 60.9 cm³/mol. The molecule has 2 aromatic rings. The van der Waals surface area contributed by atoms with Gasteiger partial charge in [-0.15, -0.1) is 5.10 Å². The van der Waals surface area contributed by atoms with Gasteiger partial charge in [-0.05, 0) is 50.1 Å². The summed E-state index contributed by atoms with van der Waals surface area (Å²) in [5.74, 6) is -0.952. The molecule has 0 saturated heterocycles. The van der Waals surface area contributed by atoms with E-state index in [0.29, 0.717) is 9.47 Å². The molecule has 16 heavy (non-hydrogen) atoms. The minimum absolute atomic E-state index is 0.114. The van der Waals surface area contributed by atoms with Crippen molar-refractivity contribution in [1.29, 1.82) is 0 Å². The van der Waals surface area contributed by atoms with Gasteiger partial charge in [-0.25, -0.2) is 13.5 Å². The second-order valence-corrected chi connectivity index (χ2v) is 4.46. The van der Waals surface area contributed by atoms with Crippen molar-refractivity contribution in [2.24, 2.45) is 0 Å². The van der Waals surface area contributed by atoms with Crippen LogP contribution < -0.4 is 0 Å². The average molecular weight is 353 g/mol. The van der Waals surface area contributed by atoms with Crippen molar-refractivity contribution in [1.82, 2.24) is 14.8 Å². The molecule has 0 spiro atoms. The lowest BCUT2D eigenvalue weighted by Crippen LogP contribution is -2.04. The number of rotatable bonds is 2. The number of nitrogens with zero attached hydrogens (tertiary/aromatic N) is 3. The van der Waals surface area contributed by atoms with Gasteiger partial charge >= 0.3 is 0 Å². The van der Waals surface area contributed by atoms with Gasteiger partial charge in [0.2, 0.25) is 4.73 Å². The molecule has 1 aromatic heterocycles. The largest absolute Gasteiger partial charge is 0.235 e. The van der Waals surface area contributed by atoms with Gasteiger partial charge in [0.15, 0.2) is 4.73 Å². The van der Waals surface area contributed by atoms with Crippen LogP contribution >= 0.6 is 31.9 Å². The van der Waals surface area contributed by atoms with E-state index < -0.39 is 11.6 Å². The summed E-state index contributed by atoms with van der Waals surface area (Å²) in [4.78, 5) is 3.93. The van der Waals surface area contributed by atoms with Crippen LogP contribution in [0.25, 0.3) is 0 Å². The van der Waals surface area contributed by atoms with Gasteiger partial charge in [-0.1, -0.05) is 0 Å². The summed E-state index contributed by atoms with van der Waals surface area (Å²) in [6, 6.07) is 3.30. The first-order valence-corrected chi connectivity index (χ1v) is 5.84. The predicted octanol–water partition coefficient (Wildman–Crippen LogP) is 3.13. The fraction of sp³-hybridized carbons (Fsp3) is 0.111. The van der Waals surface area contributed by atoms with Crippen molar-refractivity contribution in [3.05, 3.63) is 44.9 Å². The number of hydrogen-bond donors (Lipinski definition) is 0. The van der Waals surface area contributed by atoms with Crippen LogP contribution in [0.4, 0.5) is 8.78 Å². The van der Waals surface area contributed by atoms with Crippen LogP contribution in [0.5, 0.6) is 0 Å². The Morgan fingerprint density at radius 2 is 2.00 bits per heavy atom. The quantitative estimate of drug-likeness (QED) is 0.831. The fourth-order valence-electron chi connectivity index (χ4n) is 1.22. The van der Waals surface area contributed by atoms with E-state index in [1.165, 1.54) is 4.68 Å². The zero-order valence-electron chi connectivity index (χ0n) is 7.79. The van der Waals surface area contributed by atoms with Gasteiger partial charge in [0.25, 0.3) is 0 Å². The van der Waals surface area contributed by atoms with Crippen molar-refractivity contribution < 1.29 is 8.78 Å². The van der Waals surface area contributed by atoms with Crippen molar-refractivity contribution in [3.8, 4) is 0 Å². The minimum Gasteiger partial charge on any atom is -0.235 e. The summed E-state index contributed by atoms with van der Waals surface area (Å²) >= 11 is 6.25. The first kappa shape index (κ1) is 11.7. The highest BCUT2D eigenvalue weighted by Gasteiger charge is 2.09. The van der Waals surface area contributed by atoms with Crippen LogP contribution in [0.2, 0.25) is 0 Å². The van der Waals surface area contributed by atoms with Crippen LogP contribution in [0.15, 0.2) is 27.7 Å². The van der Waals surface area contributed by atoms with Crippen molar-refractivity contribution in [3.63, 3.8) is 0 Å². The standard InChI is InChI=1S/C9H5Br2F2N3/c10-8-14-9(11)16(15-8)4-5-3-6(12)1-2-7(5)13/h1-3H,4H2. The maximum Gasteiger partial charge on any atom is 0.218 e. The molecule has 84 valence electrons. The molecule has 0 bridgehead atoms. The van der Waals surface area contributed by atoms with E-state index in [9.17, 15) is 8.78 Å². The molecule has 3 nitrogen and oxygen atoms in total. The summed E-state index contributed by atoms with van der Waals surface area (Å²) in [5, 5.41) is 3.96. The number of halogens is 4. The molecular formula is C9H5Br2F2N3. The van der Waals surface area contributed by atoms with E-state index in [0.717, 1.165) is 18.2 Å². The Kier molecular flexibility index (Phi) is 3.34. The van der Waals surface area contributed by atoms with Crippen molar-refractivity contribution in [2.45, 2.75) is 6.54 Å². The first-order chi connectivity index (χ1) is 7.56. The normalized spacial score (nSPS) is 10.8. The molecule has 0 unspecified atom stereocenters. The molecule has 7 heteroatoms. The van der Waals surface area contributed by atoms with E-state index in [-0.39, 0.29) is 12.1 Å². The van der Waals surface area contributed by atoms with Crippen LogP contribution in [0.1, 0.15) is 5.56 Å². The minimum atomic E-state index is -0.480. The second kappa shape index (κ2) is 4.58. The van der Waals surface area contributed by atoms with Gasteiger partial charge in [0.1, 0.15) is 11.6 Å². The van der Waals surface area contributed by atoms with Gasteiger partial charge in [-0.3, -0.25) is 0 Å². The Balaban J connectivity index is 2.33. The first-order valence-electron chi connectivity index (χ1n) is 4.26. The molecule has 0 aliphatic rings. The van der Waals surface area contributed by atoms with Crippen molar-refractivity contribution >= 4 is 31.9 Å². The van der Waals surface area contributed by atoms with E-state index in [1.807, 2.05) is 0 Å². The fourth-order valence-corrected chi connectivity index (χ4v) is 2.19. The highest BCUT2D eigenvalue weighted by atomic mass is 79.9. The highest BCUT2D eigenvalue weighted by molar-refractivity contribution is 9.11. The maximum absolute atomic E-state index is 13.3. The summed E-state index contributed by atoms with van der Waals surface area (Å²) in [6.45, 7) is 0.114. The Bertz CT molecular complexity index is 527. The molecule has 0 N–H and O–H groups in total. The second-order valence-electron chi connectivity index (χ2n) is 3.04. The third-order valence-corrected chi connectivity index (χ3v) is 2.85. The van der Waals surface area contributed by atoms with Crippen molar-refractivity contribution in [2.75, 3.05) is 0 Å². The van der Waals surface area contributed by atoms with Gasteiger partial charge in [0.05, 0.1) is 6.54 Å². The number of hydrogen-bond acceptors (Lipinski definition) is 2. The molecule has 2 rings (SSSR count). The van der Waals surface area contributed by atoms with E-state index in [4.69, 9.17) is 0 Å². The van der Waals surface area contributed by atoms with Crippen LogP contribution in [0, 0.1) is 11.6 Å². The third kappa shape index (κ3) is 2.46. The third-order valence-electron chi connectivity index (χ3n) is 1.93. The lowest BCUT2D eigenvalue weighted by atomic mass is 10.2. The highest BCUT2D eigenvalue weighted by Crippen LogP contribution is 2.16.